The molecule has 0 saturated carbocycles. The maximum Gasteiger partial charge on any atom is 0.306 e. The zero-order valence-corrected chi connectivity index (χ0v) is 38.9. The van der Waals surface area contributed by atoms with Crippen LogP contribution in [0.5, 0.6) is 0 Å². The third kappa shape index (κ3) is 46.7. The van der Waals surface area contributed by atoms with Gasteiger partial charge in [-0.1, -0.05) is 206 Å². The van der Waals surface area contributed by atoms with Crippen molar-refractivity contribution in [3.63, 3.8) is 0 Å². The van der Waals surface area contributed by atoms with E-state index in [9.17, 15) is 14.4 Å². The maximum atomic E-state index is 12.8. The molecule has 6 nitrogen and oxygen atoms in total. The van der Waals surface area contributed by atoms with Gasteiger partial charge in [-0.25, -0.2) is 0 Å². The van der Waals surface area contributed by atoms with Crippen molar-refractivity contribution < 1.29 is 28.6 Å². The van der Waals surface area contributed by atoms with E-state index in [1.165, 1.54) is 44.9 Å². The van der Waals surface area contributed by atoms with Crippen LogP contribution in [0.25, 0.3) is 0 Å². The second kappa shape index (κ2) is 48.5. The van der Waals surface area contributed by atoms with Crippen molar-refractivity contribution in [3.05, 3.63) is 122 Å². The maximum absolute atomic E-state index is 12.8. The highest BCUT2D eigenvalue weighted by Crippen LogP contribution is 2.12. The Hall–Kier alpha value is -4.19. The summed E-state index contributed by atoms with van der Waals surface area (Å²) in [5.74, 6) is -1.01. The van der Waals surface area contributed by atoms with E-state index in [1.807, 2.05) is 60.8 Å². The first-order valence-corrected chi connectivity index (χ1v) is 24.2. The molecule has 0 bridgehead atoms. The van der Waals surface area contributed by atoms with Gasteiger partial charge in [0.15, 0.2) is 6.10 Å². The average molecular weight is 843 g/mol. The molecule has 0 aromatic heterocycles. The molecule has 0 aromatic rings. The van der Waals surface area contributed by atoms with Crippen LogP contribution in [-0.2, 0) is 28.6 Å². The second-order valence-corrected chi connectivity index (χ2v) is 15.5. The minimum Gasteiger partial charge on any atom is -0.462 e. The summed E-state index contributed by atoms with van der Waals surface area (Å²) in [5.41, 5.74) is 0. The van der Waals surface area contributed by atoms with Crippen molar-refractivity contribution in [1.29, 1.82) is 0 Å². The summed E-state index contributed by atoms with van der Waals surface area (Å²) in [7, 11) is 0. The monoisotopic (exact) mass is 843 g/mol. The lowest BCUT2D eigenvalue weighted by atomic mass is 10.1. The van der Waals surface area contributed by atoms with Crippen LogP contribution in [0, 0.1) is 0 Å². The molecule has 1 unspecified atom stereocenters. The Balaban J connectivity index is 4.55. The summed E-state index contributed by atoms with van der Waals surface area (Å²) in [6.07, 6.45) is 66.0. The summed E-state index contributed by atoms with van der Waals surface area (Å²) in [6.45, 7) is 6.31. The summed E-state index contributed by atoms with van der Waals surface area (Å²) >= 11 is 0. The molecular formula is C55H86O6. The quantitative estimate of drug-likeness (QED) is 0.0264. The van der Waals surface area contributed by atoms with Crippen LogP contribution in [0.2, 0.25) is 0 Å². The molecule has 0 aliphatic rings. The average Bonchev–Trinajstić information content (AvgIpc) is 3.26. The van der Waals surface area contributed by atoms with Crippen molar-refractivity contribution >= 4 is 17.9 Å². The van der Waals surface area contributed by atoms with Crippen molar-refractivity contribution in [2.45, 2.75) is 194 Å². The van der Waals surface area contributed by atoms with Crippen LogP contribution in [0.1, 0.15) is 188 Å². The van der Waals surface area contributed by atoms with Crippen molar-refractivity contribution in [2.75, 3.05) is 13.2 Å². The van der Waals surface area contributed by atoms with Crippen molar-refractivity contribution in [2.24, 2.45) is 0 Å². The summed E-state index contributed by atoms with van der Waals surface area (Å²) in [5, 5.41) is 0. The first kappa shape index (κ1) is 56.8. The van der Waals surface area contributed by atoms with Gasteiger partial charge in [0.05, 0.1) is 0 Å². The topological polar surface area (TPSA) is 78.9 Å². The van der Waals surface area contributed by atoms with Crippen LogP contribution < -0.4 is 0 Å². The van der Waals surface area contributed by atoms with E-state index in [1.54, 1.807) is 0 Å². The molecule has 0 aromatic carbocycles. The normalized spacial score (nSPS) is 13.2. The minimum absolute atomic E-state index is 0.115. The summed E-state index contributed by atoms with van der Waals surface area (Å²) < 4.78 is 16.7. The van der Waals surface area contributed by atoms with E-state index >= 15 is 0 Å². The van der Waals surface area contributed by atoms with E-state index in [4.69, 9.17) is 14.2 Å². The number of esters is 3. The largest absolute Gasteiger partial charge is 0.462 e. The van der Waals surface area contributed by atoms with Gasteiger partial charge in [0.25, 0.3) is 0 Å². The Morgan fingerprint density at radius 2 is 0.656 bits per heavy atom. The van der Waals surface area contributed by atoms with E-state index in [2.05, 4.69) is 81.5 Å². The van der Waals surface area contributed by atoms with Crippen LogP contribution in [0.4, 0.5) is 0 Å². The van der Waals surface area contributed by atoms with E-state index < -0.39 is 6.10 Å². The fourth-order valence-electron chi connectivity index (χ4n) is 5.97. The molecule has 0 spiro atoms. The number of carbonyl (C=O) groups is 3. The highest BCUT2D eigenvalue weighted by molar-refractivity contribution is 5.71. The Morgan fingerprint density at radius 3 is 1.08 bits per heavy atom. The second-order valence-electron chi connectivity index (χ2n) is 15.5. The van der Waals surface area contributed by atoms with Gasteiger partial charge >= 0.3 is 17.9 Å². The zero-order valence-electron chi connectivity index (χ0n) is 38.9. The molecule has 1 atom stereocenters. The van der Waals surface area contributed by atoms with Crippen LogP contribution in [0.3, 0.4) is 0 Å². The van der Waals surface area contributed by atoms with Crippen LogP contribution in [0.15, 0.2) is 122 Å². The van der Waals surface area contributed by atoms with Gasteiger partial charge < -0.3 is 14.2 Å². The lowest BCUT2D eigenvalue weighted by Gasteiger charge is -2.18. The molecule has 0 aliphatic carbocycles. The molecule has 0 aliphatic heterocycles. The fourth-order valence-corrected chi connectivity index (χ4v) is 5.97. The van der Waals surface area contributed by atoms with Gasteiger partial charge in [0, 0.05) is 19.3 Å². The lowest BCUT2D eigenvalue weighted by molar-refractivity contribution is -0.167. The first-order chi connectivity index (χ1) is 30.0. The molecule has 0 amide bonds. The highest BCUT2D eigenvalue weighted by Gasteiger charge is 2.19. The molecule has 0 heterocycles. The Kier molecular flexibility index (Phi) is 45.1. The van der Waals surface area contributed by atoms with Gasteiger partial charge in [0.1, 0.15) is 13.2 Å². The minimum atomic E-state index is -0.816. The number of unbranched alkanes of at least 4 members (excludes halogenated alkanes) is 17. The Morgan fingerprint density at radius 1 is 0.344 bits per heavy atom. The molecule has 0 radical (unpaired) electrons. The van der Waals surface area contributed by atoms with Gasteiger partial charge in [-0.3, -0.25) is 14.4 Å². The summed E-state index contributed by atoms with van der Waals surface area (Å²) in [6, 6.07) is 0. The van der Waals surface area contributed by atoms with E-state index in [-0.39, 0.29) is 31.1 Å². The Labute approximate surface area is 373 Å². The number of allylic oxidation sites excluding steroid dienone is 20. The highest BCUT2D eigenvalue weighted by atomic mass is 16.6. The SMILES string of the molecule is CC\C=C/C=C\C=C/C=C\C=C\C=C/CCCCCC(=O)OCC(COC(=O)CCCCC/C=C\C=C/CCCC)OC(=O)CCCCCCCC/C=C\C=C/CCCCC. The van der Waals surface area contributed by atoms with Gasteiger partial charge in [0.2, 0.25) is 0 Å². The molecule has 61 heavy (non-hydrogen) atoms. The molecule has 0 N–H and O–H groups in total. The van der Waals surface area contributed by atoms with Crippen LogP contribution in [-0.4, -0.2) is 37.2 Å². The number of ether oxygens (including phenoxy) is 3. The molecule has 0 saturated heterocycles. The number of carbonyl (C=O) groups excluding carboxylic acids is 3. The third-order valence-corrected chi connectivity index (χ3v) is 9.64. The molecule has 0 rings (SSSR count). The number of hydrogen-bond acceptors (Lipinski definition) is 6. The van der Waals surface area contributed by atoms with Gasteiger partial charge in [-0.2, -0.15) is 0 Å². The predicted octanol–water partition coefficient (Wildman–Crippen LogP) is 15.7. The van der Waals surface area contributed by atoms with E-state index in [0.29, 0.717) is 19.3 Å². The molecule has 6 heteroatoms. The van der Waals surface area contributed by atoms with Gasteiger partial charge in [-0.15, -0.1) is 0 Å². The zero-order chi connectivity index (χ0) is 44.4. The van der Waals surface area contributed by atoms with E-state index in [0.717, 1.165) is 103 Å². The van der Waals surface area contributed by atoms with Crippen LogP contribution >= 0.6 is 0 Å². The lowest BCUT2D eigenvalue weighted by Crippen LogP contribution is -2.30. The van der Waals surface area contributed by atoms with Crippen molar-refractivity contribution in [1.82, 2.24) is 0 Å². The predicted molar refractivity (Wildman–Crippen MR) is 260 cm³/mol. The third-order valence-electron chi connectivity index (χ3n) is 9.64. The number of hydrogen-bond donors (Lipinski definition) is 0. The fraction of sp³-hybridized carbons (Fsp3) is 0.582. The smallest absolute Gasteiger partial charge is 0.306 e. The summed E-state index contributed by atoms with van der Waals surface area (Å²) in [4.78, 5) is 37.9. The molecular weight excluding hydrogens is 757 g/mol. The van der Waals surface area contributed by atoms with Gasteiger partial charge in [-0.05, 0) is 83.5 Å². The number of rotatable bonds is 41. The standard InChI is InChI=1S/C55H86O6/c1-4-7-10-13-16-19-22-24-26-27-29-30-33-36-39-42-45-48-54(57)60-51-52(50-59-53(56)47-44-41-38-35-32-21-18-15-12-9-6-3)61-55(58)49-46-43-40-37-34-31-28-25-23-20-17-14-11-8-5-2/h7,10,13,15-27,29-30,32-33,52H,4-6,8-9,11-12,14,28,31,34-51H2,1-3H3/b10-7-,16-13-,18-15-,20-17-,22-19-,25-23-,26-24-,29-27+,32-21-,33-30-. The molecule has 0 fully saturated rings. The Bertz CT molecular complexity index is 1340. The first-order valence-electron chi connectivity index (χ1n) is 24.2. The van der Waals surface area contributed by atoms with Crippen molar-refractivity contribution in [3.8, 4) is 0 Å². The molecule has 342 valence electrons.